The molecule has 0 bridgehead atoms. The molecule has 0 radical (unpaired) electrons. The largest absolute Gasteiger partial charge is 0.467 e. The first kappa shape index (κ1) is 19.7. The molecule has 0 unspecified atom stereocenters. The number of aryl methyl sites for hydroxylation is 1. The predicted octanol–water partition coefficient (Wildman–Crippen LogP) is 5.37. The fourth-order valence-electron chi connectivity index (χ4n) is 3.39. The maximum absolute atomic E-state index is 13.2. The molecule has 2 heterocycles. The molecule has 0 saturated carbocycles. The zero-order chi connectivity index (χ0) is 21.1. The Bertz CT molecular complexity index is 1250. The normalized spacial score (nSPS) is 10.7. The lowest BCUT2D eigenvalue weighted by molar-refractivity contribution is 0.102. The first-order valence-electron chi connectivity index (χ1n) is 9.42. The lowest BCUT2D eigenvalue weighted by Crippen LogP contribution is -2.27. The number of aromatic nitrogens is 1. The topological polar surface area (TPSA) is 64.2 Å². The molecule has 1 N–H and O–H groups in total. The number of anilines is 1. The average molecular weight is 419 g/mol. The fourth-order valence-corrected chi connectivity index (χ4v) is 3.58. The predicted molar refractivity (Wildman–Crippen MR) is 118 cm³/mol. The number of nitrogens with zero attached hydrogens (tertiary/aromatic N) is 1. The molecule has 1 amide bonds. The van der Waals surface area contributed by atoms with Crippen molar-refractivity contribution < 1.29 is 9.21 Å². The van der Waals surface area contributed by atoms with Crippen molar-refractivity contribution >= 4 is 23.2 Å². The van der Waals surface area contributed by atoms with Crippen LogP contribution in [0, 0.1) is 6.92 Å². The lowest BCUT2D eigenvalue weighted by Gasteiger charge is -2.20. The maximum Gasteiger partial charge on any atom is 0.261 e. The van der Waals surface area contributed by atoms with Gasteiger partial charge in [-0.3, -0.25) is 9.59 Å². The zero-order valence-electron chi connectivity index (χ0n) is 16.3. The van der Waals surface area contributed by atoms with Crippen LogP contribution in [0.5, 0.6) is 0 Å². The smallest absolute Gasteiger partial charge is 0.261 e. The Hall–Kier alpha value is -3.57. The van der Waals surface area contributed by atoms with Gasteiger partial charge in [-0.1, -0.05) is 54.1 Å². The third kappa shape index (κ3) is 3.93. The van der Waals surface area contributed by atoms with Gasteiger partial charge in [-0.25, -0.2) is 0 Å². The number of para-hydroxylation sites is 1. The third-order valence-electron chi connectivity index (χ3n) is 4.81. The number of carbonyl (C=O) groups is 1. The molecule has 30 heavy (non-hydrogen) atoms. The first-order chi connectivity index (χ1) is 14.5. The number of amides is 1. The van der Waals surface area contributed by atoms with E-state index in [0.29, 0.717) is 22.9 Å². The van der Waals surface area contributed by atoms with Gasteiger partial charge in [0.2, 0.25) is 0 Å². The maximum atomic E-state index is 13.2. The molecule has 150 valence electrons. The fraction of sp³-hybridized carbons (Fsp3) is 0.0833. The highest BCUT2D eigenvalue weighted by Gasteiger charge is 2.22. The van der Waals surface area contributed by atoms with Crippen molar-refractivity contribution in [3.63, 3.8) is 0 Å². The highest BCUT2D eigenvalue weighted by Crippen LogP contribution is 2.27. The van der Waals surface area contributed by atoms with Crippen molar-refractivity contribution in [2.24, 2.45) is 0 Å². The Morgan fingerprint density at radius 3 is 2.47 bits per heavy atom. The molecule has 2 aromatic heterocycles. The minimum atomic E-state index is -0.514. The van der Waals surface area contributed by atoms with Gasteiger partial charge in [-0.15, -0.1) is 0 Å². The van der Waals surface area contributed by atoms with Crippen LogP contribution in [0.4, 0.5) is 5.69 Å². The van der Waals surface area contributed by atoms with Crippen molar-refractivity contribution in [3.8, 4) is 11.3 Å². The van der Waals surface area contributed by atoms with Crippen LogP contribution >= 0.6 is 11.6 Å². The minimum Gasteiger partial charge on any atom is -0.467 e. The molecule has 0 saturated heterocycles. The van der Waals surface area contributed by atoms with E-state index in [-0.39, 0.29) is 11.0 Å². The quantitative estimate of drug-likeness (QED) is 0.473. The molecule has 4 aromatic rings. The van der Waals surface area contributed by atoms with E-state index in [1.807, 2.05) is 47.9 Å². The average Bonchev–Trinajstić information content (AvgIpc) is 3.25. The molecule has 0 aliphatic rings. The second-order valence-corrected chi connectivity index (χ2v) is 7.25. The Morgan fingerprint density at radius 1 is 1.03 bits per heavy atom. The van der Waals surface area contributed by atoms with Gasteiger partial charge in [0.15, 0.2) is 5.43 Å². The zero-order valence-corrected chi connectivity index (χ0v) is 17.0. The summed E-state index contributed by atoms with van der Waals surface area (Å²) in [7, 11) is 0. The van der Waals surface area contributed by atoms with Crippen LogP contribution in [0.2, 0.25) is 5.02 Å². The number of pyridine rings is 1. The summed E-state index contributed by atoms with van der Waals surface area (Å²) < 4.78 is 7.42. The van der Waals surface area contributed by atoms with E-state index in [2.05, 4.69) is 5.32 Å². The molecule has 0 aliphatic heterocycles. The van der Waals surface area contributed by atoms with E-state index in [1.54, 1.807) is 36.6 Å². The molecule has 2 aromatic carbocycles. The molecule has 0 aliphatic carbocycles. The van der Waals surface area contributed by atoms with Crippen LogP contribution in [0.1, 0.15) is 21.8 Å². The summed E-state index contributed by atoms with van der Waals surface area (Å²) in [5, 5.41) is 3.17. The molecule has 0 fully saturated rings. The van der Waals surface area contributed by atoms with Gasteiger partial charge in [0.05, 0.1) is 29.2 Å². The number of hydrogen-bond donors (Lipinski definition) is 1. The van der Waals surface area contributed by atoms with Crippen molar-refractivity contribution in [1.29, 1.82) is 0 Å². The number of benzene rings is 2. The summed E-state index contributed by atoms with van der Waals surface area (Å²) in [4.78, 5) is 26.2. The highest BCUT2D eigenvalue weighted by atomic mass is 35.5. The summed E-state index contributed by atoms with van der Waals surface area (Å²) in [5.74, 6) is 0.205. The van der Waals surface area contributed by atoms with Crippen molar-refractivity contribution in [2.75, 3.05) is 5.32 Å². The number of furan rings is 1. The Balaban J connectivity index is 1.90. The highest BCUT2D eigenvalue weighted by molar-refractivity contribution is 6.34. The van der Waals surface area contributed by atoms with Crippen LogP contribution in [0.25, 0.3) is 11.3 Å². The molecular weight excluding hydrogens is 400 g/mol. The van der Waals surface area contributed by atoms with E-state index in [0.717, 1.165) is 17.0 Å². The molecule has 6 heteroatoms. The van der Waals surface area contributed by atoms with Gasteiger partial charge in [0, 0.05) is 11.8 Å². The Kier molecular flexibility index (Phi) is 5.55. The Morgan fingerprint density at radius 2 is 1.77 bits per heavy atom. The molecule has 0 spiro atoms. The number of carbonyl (C=O) groups excluding carboxylic acids is 1. The van der Waals surface area contributed by atoms with Gasteiger partial charge in [0.1, 0.15) is 11.3 Å². The summed E-state index contributed by atoms with van der Waals surface area (Å²) in [5.41, 5.74) is 2.16. The molecule has 4 rings (SSSR count). The van der Waals surface area contributed by atoms with E-state index in [4.69, 9.17) is 16.0 Å². The second-order valence-electron chi connectivity index (χ2n) is 6.84. The third-order valence-corrected chi connectivity index (χ3v) is 5.14. The summed E-state index contributed by atoms with van der Waals surface area (Å²) in [6, 6.07) is 21.4. The van der Waals surface area contributed by atoms with Crippen LogP contribution in [-0.4, -0.2) is 10.5 Å². The number of rotatable bonds is 5. The number of hydrogen-bond acceptors (Lipinski definition) is 3. The van der Waals surface area contributed by atoms with Gasteiger partial charge in [-0.05, 0) is 36.8 Å². The van der Waals surface area contributed by atoms with E-state index in [9.17, 15) is 9.59 Å². The van der Waals surface area contributed by atoms with E-state index >= 15 is 0 Å². The van der Waals surface area contributed by atoms with Crippen LogP contribution in [-0.2, 0) is 6.54 Å². The van der Waals surface area contributed by atoms with E-state index < -0.39 is 5.91 Å². The molecule has 0 atom stereocenters. The SMILES string of the molecule is Cc1cc(=O)c(C(=O)Nc2ccccc2Cl)c(-c2ccccc2)n1Cc1ccco1. The molecular formula is C24H19ClN2O3. The minimum absolute atomic E-state index is 0.0540. The van der Waals surface area contributed by atoms with Crippen molar-refractivity contribution in [1.82, 2.24) is 4.57 Å². The van der Waals surface area contributed by atoms with Crippen molar-refractivity contribution in [2.45, 2.75) is 13.5 Å². The lowest BCUT2D eigenvalue weighted by atomic mass is 10.0. The summed E-state index contributed by atoms with van der Waals surface area (Å²) >= 11 is 6.19. The Labute approximate surface area is 178 Å². The van der Waals surface area contributed by atoms with Gasteiger partial charge in [0.25, 0.3) is 5.91 Å². The van der Waals surface area contributed by atoms with Crippen LogP contribution in [0.3, 0.4) is 0 Å². The summed E-state index contributed by atoms with van der Waals surface area (Å²) in [6.07, 6.45) is 1.60. The van der Waals surface area contributed by atoms with Gasteiger partial charge in [-0.2, -0.15) is 0 Å². The van der Waals surface area contributed by atoms with Crippen molar-refractivity contribution in [3.05, 3.63) is 111 Å². The summed E-state index contributed by atoms with van der Waals surface area (Å²) in [6.45, 7) is 2.22. The number of nitrogens with one attached hydrogen (secondary N) is 1. The van der Waals surface area contributed by atoms with Gasteiger partial charge >= 0.3 is 0 Å². The first-order valence-corrected chi connectivity index (χ1v) is 9.80. The van der Waals surface area contributed by atoms with Crippen LogP contribution < -0.4 is 10.7 Å². The number of halogens is 1. The second kappa shape index (κ2) is 8.43. The van der Waals surface area contributed by atoms with Gasteiger partial charge < -0.3 is 14.3 Å². The van der Waals surface area contributed by atoms with Crippen LogP contribution in [0.15, 0.2) is 88.3 Å². The monoisotopic (exact) mass is 418 g/mol. The molecule has 5 nitrogen and oxygen atoms in total. The standard InChI is InChI=1S/C24H19ClN2O3/c1-16-14-21(28)22(24(29)26-20-12-6-5-11-19(20)25)23(17-8-3-2-4-9-17)27(16)15-18-10-7-13-30-18/h2-14H,15H2,1H3,(H,26,29). The van der Waals surface area contributed by atoms with E-state index in [1.165, 1.54) is 6.07 Å².